The van der Waals surface area contributed by atoms with Crippen LogP contribution >= 0.6 is 0 Å². The first-order chi connectivity index (χ1) is 9.36. The van der Waals surface area contributed by atoms with Crippen LogP contribution in [0.25, 0.3) is 0 Å². The fourth-order valence-electron chi connectivity index (χ4n) is 1.57. The Bertz CT molecular complexity index is 518. The van der Waals surface area contributed by atoms with Crippen LogP contribution in [-0.2, 0) is 16.0 Å². The Hall–Kier alpha value is -2.35. The molecule has 0 aliphatic rings. The van der Waals surface area contributed by atoms with Gasteiger partial charge in [-0.1, -0.05) is 30.3 Å². The molecule has 1 rings (SSSR count). The smallest absolute Gasteiger partial charge is 0.237 e. The maximum Gasteiger partial charge on any atom is 0.237 e. The van der Waals surface area contributed by atoms with Crippen LogP contribution in [0.1, 0.15) is 19.4 Å². The van der Waals surface area contributed by atoms with Gasteiger partial charge in [0.25, 0.3) is 0 Å². The van der Waals surface area contributed by atoms with Gasteiger partial charge in [0.2, 0.25) is 11.8 Å². The first-order valence-corrected chi connectivity index (χ1v) is 6.38. The molecule has 0 bridgehead atoms. The summed E-state index contributed by atoms with van der Waals surface area (Å²) in [7, 11) is 0. The van der Waals surface area contributed by atoms with E-state index in [9.17, 15) is 9.59 Å². The Morgan fingerprint density at radius 1 is 1.35 bits per heavy atom. The van der Waals surface area contributed by atoms with Crippen molar-refractivity contribution >= 4 is 11.8 Å². The number of nitrogens with one attached hydrogen (secondary N) is 1. The molecule has 1 unspecified atom stereocenters. The predicted octanol–water partition coefficient (Wildman–Crippen LogP) is 0.997. The molecule has 0 aliphatic heterocycles. The SMILES string of the molecule is CC(C)(CNC(=O)C(C#N)Cc1ccccc1)C(N)=O. The molecule has 0 saturated carbocycles. The molecule has 5 nitrogen and oxygen atoms in total. The zero-order valence-corrected chi connectivity index (χ0v) is 11.7. The minimum absolute atomic E-state index is 0.119. The van der Waals surface area contributed by atoms with E-state index in [0.717, 1.165) is 5.56 Å². The van der Waals surface area contributed by atoms with Crippen LogP contribution in [-0.4, -0.2) is 18.4 Å². The summed E-state index contributed by atoms with van der Waals surface area (Å²) in [5.41, 5.74) is 5.32. The molecule has 20 heavy (non-hydrogen) atoms. The second-order valence-electron chi connectivity index (χ2n) is 5.34. The normalized spacial score (nSPS) is 12.2. The summed E-state index contributed by atoms with van der Waals surface area (Å²) in [6, 6.07) is 11.3. The summed E-state index contributed by atoms with van der Waals surface area (Å²) >= 11 is 0. The average Bonchev–Trinajstić information content (AvgIpc) is 2.43. The molecule has 0 spiro atoms. The molecule has 1 atom stereocenters. The van der Waals surface area contributed by atoms with Gasteiger partial charge in [-0.05, 0) is 25.8 Å². The van der Waals surface area contributed by atoms with Crippen molar-refractivity contribution in [3.8, 4) is 6.07 Å². The molecular formula is C15H19N3O2. The lowest BCUT2D eigenvalue weighted by Gasteiger charge is -2.21. The topological polar surface area (TPSA) is 96.0 Å². The first kappa shape index (κ1) is 15.7. The van der Waals surface area contributed by atoms with E-state index in [0.29, 0.717) is 6.42 Å². The number of carbonyl (C=O) groups excluding carboxylic acids is 2. The standard InChI is InChI=1S/C15H19N3O2/c1-15(2,14(17)20)10-18-13(19)12(9-16)8-11-6-4-3-5-7-11/h3-7,12H,8,10H2,1-2H3,(H2,17,20)(H,18,19). The van der Waals surface area contributed by atoms with Crippen LogP contribution < -0.4 is 11.1 Å². The molecule has 0 heterocycles. The molecule has 5 heteroatoms. The van der Waals surface area contributed by atoms with Crippen molar-refractivity contribution in [2.45, 2.75) is 20.3 Å². The Balaban J connectivity index is 2.61. The van der Waals surface area contributed by atoms with Crippen LogP contribution in [0.15, 0.2) is 30.3 Å². The highest BCUT2D eigenvalue weighted by atomic mass is 16.2. The molecular weight excluding hydrogens is 254 g/mol. The van der Waals surface area contributed by atoms with Gasteiger partial charge in [-0.25, -0.2) is 0 Å². The van der Waals surface area contributed by atoms with Gasteiger partial charge >= 0.3 is 0 Å². The number of rotatable bonds is 6. The average molecular weight is 273 g/mol. The molecule has 1 aromatic rings. The highest BCUT2D eigenvalue weighted by Crippen LogP contribution is 2.13. The van der Waals surface area contributed by atoms with Crippen molar-refractivity contribution in [3.63, 3.8) is 0 Å². The van der Waals surface area contributed by atoms with Gasteiger partial charge in [0.1, 0.15) is 5.92 Å². The second-order valence-corrected chi connectivity index (χ2v) is 5.34. The number of nitrogens with two attached hydrogens (primary N) is 1. The fourth-order valence-corrected chi connectivity index (χ4v) is 1.57. The van der Waals surface area contributed by atoms with Gasteiger partial charge in [0, 0.05) is 6.54 Å². The summed E-state index contributed by atoms with van der Waals surface area (Å²) in [5.74, 6) is -1.65. The first-order valence-electron chi connectivity index (χ1n) is 6.38. The Morgan fingerprint density at radius 2 is 1.95 bits per heavy atom. The van der Waals surface area contributed by atoms with Gasteiger partial charge in [0.05, 0.1) is 11.5 Å². The molecule has 0 aliphatic carbocycles. The Kier molecular flexibility index (Phi) is 5.27. The van der Waals surface area contributed by atoms with Crippen molar-refractivity contribution in [3.05, 3.63) is 35.9 Å². The number of nitriles is 1. The lowest BCUT2D eigenvalue weighted by Crippen LogP contribution is -2.44. The van der Waals surface area contributed by atoms with Gasteiger partial charge in [-0.2, -0.15) is 5.26 Å². The van der Waals surface area contributed by atoms with E-state index >= 15 is 0 Å². The molecule has 0 aromatic heterocycles. The number of benzene rings is 1. The van der Waals surface area contributed by atoms with Crippen LogP contribution in [0.5, 0.6) is 0 Å². The van der Waals surface area contributed by atoms with Crippen molar-refractivity contribution in [2.75, 3.05) is 6.54 Å². The van der Waals surface area contributed by atoms with Crippen molar-refractivity contribution in [1.82, 2.24) is 5.32 Å². The lowest BCUT2D eigenvalue weighted by molar-refractivity contribution is -0.127. The third kappa shape index (κ3) is 4.39. The fraction of sp³-hybridized carbons (Fsp3) is 0.400. The summed E-state index contributed by atoms with van der Waals surface area (Å²) < 4.78 is 0. The van der Waals surface area contributed by atoms with Crippen LogP contribution in [0.2, 0.25) is 0 Å². The molecule has 2 amide bonds. The van der Waals surface area contributed by atoms with Crippen molar-refractivity contribution < 1.29 is 9.59 Å². The molecule has 3 N–H and O–H groups in total. The van der Waals surface area contributed by atoms with E-state index in [2.05, 4.69) is 5.32 Å². The van der Waals surface area contributed by atoms with E-state index < -0.39 is 17.2 Å². The maximum absolute atomic E-state index is 12.0. The maximum atomic E-state index is 12.0. The molecule has 1 aromatic carbocycles. The molecule has 106 valence electrons. The van der Waals surface area contributed by atoms with Crippen LogP contribution in [0.3, 0.4) is 0 Å². The van der Waals surface area contributed by atoms with E-state index in [1.54, 1.807) is 13.8 Å². The number of hydrogen-bond acceptors (Lipinski definition) is 3. The Morgan fingerprint density at radius 3 is 2.45 bits per heavy atom. The van der Waals surface area contributed by atoms with Gasteiger partial charge in [0.15, 0.2) is 0 Å². The number of amides is 2. The zero-order valence-electron chi connectivity index (χ0n) is 11.7. The third-order valence-corrected chi connectivity index (χ3v) is 3.13. The summed E-state index contributed by atoms with van der Waals surface area (Å²) in [4.78, 5) is 23.1. The number of nitrogens with zero attached hydrogens (tertiary/aromatic N) is 1. The van der Waals surface area contributed by atoms with E-state index in [4.69, 9.17) is 11.0 Å². The molecule has 0 radical (unpaired) electrons. The molecule has 0 fully saturated rings. The number of hydrogen-bond donors (Lipinski definition) is 2. The van der Waals surface area contributed by atoms with E-state index in [-0.39, 0.29) is 12.5 Å². The van der Waals surface area contributed by atoms with Crippen LogP contribution in [0.4, 0.5) is 0 Å². The number of primary amides is 1. The third-order valence-electron chi connectivity index (χ3n) is 3.13. The van der Waals surface area contributed by atoms with Crippen molar-refractivity contribution in [1.29, 1.82) is 5.26 Å². The minimum Gasteiger partial charge on any atom is -0.369 e. The summed E-state index contributed by atoms with van der Waals surface area (Å²) in [6.07, 6.45) is 0.347. The quantitative estimate of drug-likeness (QED) is 0.809. The lowest BCUT2D eigenvalue weighted by atomic mass is 9.92. The summed E-state index contributed by atoms with van der Waals surface area (Å²) in [6.45, 7) is 3.41. The monoisotopic (exact) mass is 273 g/mol. The predicted molar refractivity (Wildman–Crippen MR) is 75.2 cm³/mol. The van der Waals surface area contributed by atoms with Gasteiger partial charge < -0.3 is 11.1 Å². The van der Waals surface area contributed by atoms with Gasteiger partial charge in [-0.3, -0.25) is 9.59 Å². The highest BCUT2D eigenvalue weighted by molar-refractivity contribution is 5.84. The highest BCUT2D eigenvalue weighted by Gasteiger charge is 2.27. The van der Waals surface area contributed by atoms with E-state index in [1.165, 1.54) is 0 Å². The van der Waals surface area contributed by atoms with Crippen molar-refractivity contribution in [2.24, 2.45) is 17.1 Å². The second kappa shape index (κ2) is 6.71. The zero-order chi connectivity index (χ0) is 15.2. The minimum atomic E-state index is -0.831. The largest absolute Gasteiger partial charge is 0.369 e. The Labute approximate surface area is 118 Å². The van der Waals surface area contributed by atoms with Crippen LogP contribution in [0, 0.1) is 22.7 Å². The van der Waals surface area contributed by atoms with Gasteiger partial charge in [-0.15, -0.1) is 0 Å². The molecule has 0 saturated heterocycles. The van der Waals surface area contributed by atoms with E-state index in [1.807, 2.05) is 36.4 Å². The summed E-state index contributed by atoms with van der Waals surface area (Å²) in [5, 5.41) is 11.7. The number of carbonyl (C=O) groups is 2.